The molecule has 0 spiro atoms. The van der Waals surface area contributed by atoms with Crippen LogP contribution in [-0.2, 0) is 4.79 Å². The Labute approximate surface area is 108 Å². The highest BCUT2D eigenvalue weighted by atomic mass is 79.9. The van der Waals surface area contributed by atoms with Crippen molar-refractivity contribution in [1.82, 2.24) is 5.32 Å². The molecule has 0 aliphatic carbocycles. The van der Waals surface area contributed by atoms with Crippen LogP contribution in [0.3, 0.4) is 0 Å². The summed E-state index contributed by atoms with van der Waals surface area (Å²) in [6.45, 7) is 0.499. The van der Waals surface area contributed by atoms with Crippen LogP contribution in [0.2, 0.25) is 0 Å². The highest BCUT2D eigenvalue weighted by Gasteiger charge is 2.05. The molecule has 0 bridgehead atoms. The Balaban J connectivity index is 2.61. The van der Waals surface area contributed by atoms with Crippen LogP contribution in [0, 0.1) is 23.7 Å². The van der Waals surface area contributed by atoms with Crippen LogP contribution in [-0.4, -0.2) is 19.0 Å². The Hall–Kier alpha value is -1.82. The second kappa shape index (κ2) is 6.70. The molecule has 0 saturated heterocycles. The number of terminal acetylenes is 1. The van der Waals surface area contributed by atoms with Gasteiger partial charge >= 0.3 is 0 Å². The van der Waals surface area contributed by atoms with E-state index in [1.807, 2.05) is 6.07 Å². The largest absolute Gasteiger partial charge is 0.324 e. The van der Waals surface area contributed by atoms with E-state index in [9.17, 15) is 4.79 Å². The Morgan fingerprint density at radius 2 is 2.29 bits per heavy atom. The van der Waals surface area contributed by atoms with Crippen molar-refractivity contribution in [2.45, 2.75) is 0 Å². The third-order valence-corrected chi connectivity index (χ3v) is 2.54. The molecule has 0 radical (unpaired) electrons. The van der Waals surface area contributed by atoms with Crippen LogP contribution in [0.5, 0.6) is 0 Å². The number of nitrogens with one attached hydrogen (secondary N) is 2. The average molecular weight is 292 g/mol. The highest BCUT2D eigenvalue weighted by Crippen LogP contribution is 2.23. The van der Waals surface area contributed by atoms with E-state index in [1.165, 1.54) is 0 Å². The third kappa shape index (κ3) is 4.28. The summed E-state index contributed by atoms with van der Waals surface area (Å²) in [5.74, 6) is 2.19. The van der Waals surface area contributed by atoms with E-state index in [2.05, 4.69) is 32.5 Å². The molecule has 0 atom stereocenters. The van der Waals surface area contributed by atoms with E-state index in [4.69, 9.17) is 11.7 Å². The smallest absolute Gasteiger partial charge is 0.238 e. The molecule has 0 saturated carbocycles. The monoisotopic (exact) mass is 291 g/mol. The predicted octanol–water partition coefficient (Wildman–Crippen LogP) is 1.48. The fourth-order valence-electron chi connectivity index (χ4n) is 1.13. The van der Waals surface area contributed by atoms with Gasteiger partial charge in [-0.1, -0.05) is 5.92 Å². The molecule has 0 fully saturated rings. The van der Waals surface area contributed by atoms with Gasteiger partial charge in [-0.25, -0.2) is 0 Å². The molecule has 0 aliphatic rings. The number of nitrogens with zero attached hydrogens (tertiary/aromatic N) is 1. The van der Waals surface area contributed by atoms with Crippen molar-refractivity contribution in [2.24, 2.45) is 0 Å². The molecule has 5 heteroatoms. The molecule has 1 rings (SSSR count). The fourth-order valence-corrected chi connectivity index (χ4v) is 1.61. The lowest BCUT2D eigenvalue weighted by Gasteiger charge is -2.07. The highest BCUT2D eigenvalue weighted by molar-refractivity contribution is 9.10. The maximum Gasteiger partial charge on any atom is 0.238 e. The Bertz CT molecular complexity index is 499. The molecular formula is C12H10BrN3O. The molecule has 0 aromatic heterocycles. The van der Waals surface area contributed by atoms with Crippen LogP contribution in [0.25, 0.3) is 0 Å². The first-order chi connectivity index (χ1) is 8.17. The second-order valence-corrected chi connectivity index (χ2v) is 4.02. The van der Waals surface area contributed by atoms with E-state index in [0.717, 1.165) is 0 Å². The van der Waals surface area contributed by atoms with Gasteiger partial charge in [0.1, 0.15) is 0 Å². The molecule has 86 valence electrons. The number of nitriles is 1. The van der Waals surface area contributed by atoms with Crippen molar-refractivity contribution in [3.05, 3.63) is 28.2 Å². The van der Waals surface area contributed by atoms with Crippen molar-refractivity contribution in [1.29, 1.82) is 5.26 Å². The van der Waals surface area contributed by atoms with Crippen LogP contribution in [0.1, 0.15) is 5.56 Å². The zero-order valence-electron chi connectivity index (χ0n) is 8.96. The van der Waals surface area contributed by atoms with Gasteiger partial charge in [-0.15, -0.1) is 6.42 Å². The number of anilines is 1. The third-order valence-electron chi connectivity index (χ3n) is 1.88. The summed E-state index contributed by atoms with van der Waals surface area (Å²) in [5.41, 5.74) is 1.15. The molecular weight excluding hydrogens is 282 g/mol. The number of benzene rings is 1. The van der Waals surface area contributed by atoms with Gasteiger partial charge < -0.3 is 5.32 Å². The SMILES string of the molecule is C#CCNCC(=O)Nc1ccc(C#N)cc1Br. The van der Waals surface area contributed by atoms with Crippen LogP contribution in [0.4, 0.5) is 5.69 Å². The molecule has 2 N–H and O–H groups in total. The standard InChI is InChI=1S/C12H10BrN3O/c1-2-5-15-8-12(17)16-11-4-3-9(7-14)6-10(11)13/h1,3-4,6,15H,5,8H2,(H,16,17). The zero-order chi connectivity index (χ0) is 12.7. The molecule has 0 unspecified atom stereocenters. The number of carbonyl (C=O) groups is 1. The number of carbonyl (C=O) groups excluding carboxylic acids is 1. The van der Waals surface area contributed by atoms with Crippen LogP contribution in [0.15, 0.2) is 22.7 Å². The minimum Gasteiger partial charge on any atom is -0.324 e. The van der Waals surface area contributed by atoms with Gasteiger partial charge in [0.25, 0.3) is 0 Å². The predicted molar refractivity (Wildman–Crippen MR) is 69.2 cm³/mol. The Morgan fingerprint density at radius 3 is 2.88 bits per heavy atom. The summed E-state index contributed by atoms with van der Waals surface area (Å²) in [6, 6.07) is 6.96. The number of amides is 1. The van der Waals surface area contributed by atoms with Gasteiger partial charge in [-0.05, 0) is 34.1 Å². The summed E-state index contributed by atoms with van der Waals surface area (Å²) in [6.07, 6.45) is 5.04. The maximum atomic E-state index is 11.5. The average Bonchev–Trinajstić information content (AvgIpc) is 2.32. The summed E-state index contributed by atoms with van der Waals surface area (Å²) >= 11 is 3.28. The van der Waals surface area contributed by atoms with Crippen molar-refractivity contribution in [2.75, 3.05) is 18.4 Å². The first-order valence-electron chi connectivity index (χ1n) is 4.81. The molecule has 1 aromatic rings. The lowest BCUT2D eigenvalue weighted by molar-refractivity contribution is -0.115. The van der Waals surface area contributed by atoms with Crippen molar-refractivity contribution in [3.8, 4) is 18.4 Å². The van der Waals surface area contributed by atoms with E-state index >= 15 is 0 Å². The molecule has 4 nitrogen and oxygen atoms in total. The first-order valence-corrected chi connectivity index (χ1v) is 5.60. The lowest BCUT2D eigenvalue weighted by atomic mass is 10.2. The topological polar surface area (TPSA) is 64.9 Å². The molecule has 17 heavy (non-hydrogen) atoms. The van der Waals surface area contributed by atoms with Crippen molar-refractivity contribution in [3.63, 3.8) is 0 Å². The summed E-state index contributed by atoms with van der Waals surface area (Å²) in [5, 5.41) is 14.2. The fraction of sp³-hybridized carbons (Fsp3) is 0.167. The van der Waals surface area contributed by atoms with Gasteiger partial charge in [-0.3, -0.25) is 10.1 Å². The van der Waals surface area contributed by atoms with Crippen molar-refractivity contribution < 1.29 is 4.79 Å². The lowest BCUT2D eigenvalue weighted by Crippen LogP contribution is -2.28. The normalized spacial score (nSPS) is 9.12. The first kappa shape index (κ1) is 13.2. The van der Waals surface area contributed by atoms with E-state index < -0.39 is 0 Å². The molecule has 0 heterocycles. The number of halogens is 1. The Morgan fingerprint density at radius 1 is 1.53 bits per heavy atom. The summed E-state index contributed by atoms with van der Waals surface area (Å²) in [4.78, 5) is 11.5. The second-order valence-electron chi connectivity index (χ2n) is 3.16. The van der Waals surface area contributed by atoms with E-state index in [1.54, 1.807) is 18.2 Å². The van der Waals surface area contributed by atoms with Crippen LogP contribution >= 0.6 is 15.9 Å². The number of hydrogen-bond donors (Lipinski definition) is 2. The molecule has 1 aromatic carbocycles. The van der Waals surface area contributed by atoms with Gasteiger partial charge in [0.05, 0.1) is 30.4 Å². The van der Waals surface area contributed by atoms with Gasteiger partial charge in [0, 0.05) is 4.47 Å². The summed E-state index contributed by atoms with van der Waals surface area (Å²) in [7, 11) is 0. The minimum absolute atomic E-state index is 0.149. The number of rotatable bonds is 4. The van der Waals surface area contributed by atoms with Crippen LogP contribution < -0.4 is 10.6 Å². The van der Waals surface area contributed by atoms with Gasteiger partial charge in [0.2, 0.25) is 5.91 Å². The van der Waals surface area contributed by atoms with Gasteiger partial charge in [-0.2, -0.15) is 5.26 Å². The minimum atomic E-state index is -0.189. The number of hydrogen-bond acceptors (Lipinski definition) is 3. The molecule has 1 amide bonds. The summed E-state index contributed by atoms with van der Waals surface area (Å²) < 4.78 is 0.668. The van der Waals surface area contributed by atoms with E-state index in [-0.39, 0.29) is 12.5 Å². The quantitative estimate of drug-likeness (QED) is 0.652. The zero-order valence-corrected chi connectivity index (χ0v) is 10.5. The van der Waals surface area contributed by atoms with E-state index in [0.29, 0.717) is 22.3 Å². The maximum absolute atomic E-state index is 11.5. The van der Waals surface area contributed by atoms with Crippen molar-refractivity contribution >= 4 is 27.5 Å². The molecule has 0 aliphatic heterocycles. The Kier molecular flexibility index (Phi) is 5.22. The van der Waals surface area contributed by atoms with Gasteiger partial charge in [0.15, 0.2) is 0 Å².